The van der Waals surface area contributed by atoms with Crippen LogP contribution in [0.3, 0.4) is 0 Å². The van der Waals surface area contributed by atoms with Crippen LogP contribution < -0.4 is 22.1 Å². The summed E-state index contributed by atoms with van der Waals surface area (Å²) in [5.41, 5.74) is 3.64. The van der Waals surface area contributed by atoms with E-state index in [0.29, 0.717) is 11.4 Å². The molecule has 92 valence electrons. The number of anilines is 2. The Labute approximate surface area is 98.2 Å². The highest BCUT2D eigenvalue weighted by Gasteiger charge is 2.08. The van der Waals surface area contributed by atoms with E-state index >= 15 is 0 Å². The summed E-state index contributed by atoms with van der Waals surface area (Å²) in [7, 11) is 0. The third kappa shape index (κ3) is 3.74. The Kier molecular flexibility index (Phi) is 4.44. The molecule has 0 atom stereocenters. The van der Waals surface area contributed by atoms with Gasteiger partial charge in [-0.1, -0.05) is 11.7 Å². The number of carbonyl (C=O) groups is 2. The van der Waals surface area contributed by atoms with Gasteiger partial charge in [-0.15, -0.1) is 0 Å². The van der Waals surface area contributed by atoms with Crippen molar-refractivity contribution in [1.82, 2.24) is 5.59 Å². The molecule has 0 aliphatic rings. The van der Waals surface area contributed by atoms with Crippen LogP contribution in [0, 0.1) is 6.92 Å². The maximum Gasteiger partial charge on any atom is 0.431 e. The maximum absolute atomic E-state index is 11.1. The summed E-state index contributed by atoms with van der Waals surface area (Å²) >= 11 is 0. The minimum absolute atomic E-state index is 0.184. The highest BCUT2D eigenvalue weighted by atomic mass is 16.7. The first-order chi connectivity index (χ1) is 8.04. The van der Waals surface area contributed by atoms with Gasteiger partial charge in [-0.25, -0.2) is 10.6 Å². The Balaban J connectivity index is 2.86. The van der Waals surface area contributed by atoms with E-state index in [-0.39, 0.29) is 5.91 Å². The molecule has 0 bridgehead atoms. The molecule has 17 heavy (non-hydrogen) atoms. The van der Waals surface area contributed by atoms with Crippen LogP contribution in [0.1, 0.15) is 12.5 Å². The standard InChI is InChI=1S/C10H14N4O3/c1-6-8(12-7(2)15)4-3-5-9(6)13-10(16)17-14-11/h3-5,14H,11H2,1-2H3,(H,12,15)(H,13,16). The van der Waals surface area contributed by atoms with Crippen molar-refractivity contribution in [3.63, 3.8) is 0 Å². The Hall–Kier alpha value is -2.12. The summed E-state index contributed by atoms with van der Waals surface area (Å²) in [5.74, 6) is 4.64. The monoisotopic (exact) mass is 238 g/mol. The van der Waals surface area contributed by atoms with E-state index in [9.17, 15) is 9.59 Å². The van der Waals surface area contributed by atoms with Crippen LogP contribution in [0.25, 0.3) is 0 Å². The molecule has 1 aromatic carbocycles. The van der Waals surface area contributed by atoms with Crippen molar-refractivity contribution < 1.29 is 14.4 Å². The van der Waals surface area contributed by atoms with Gasteiger partial charge in [0, 0.05) is 18.3 Å². The first-order valence-corrected chi connectivity index (χ1v) is 4.85. The van der Waals surface area contributed by atoms with Crippen molar-refractivity contribution in [1.29, 1.82) is 0 Å². The smallest absolute Gasteiger partial charge is 0.338 e. The van der Waals surface area contributed by atoms with Gasteiger partial charge in [-0.2, -0.15) is 0 Å². The fourth-order valence-corrected chi connectivity index (χ4v) is 1.29. The molecular formula is C10H14N4O3. The second-order valence-electron chi connectivity index (χ2n) is 3.29. The van der Waals surface area contributed by atoms with E-state index in [0.717, 1.165) is 5.56 Å². The second kappa shape index (κ2) is 5.83. The Morgan fingerprint density at radius 2 is 1.82 bits per heavy atom. The number of benzene rings is 1. The maximum atomic E-state index is 11.1. The zero-order valence-electron chi connectivity index (χ0n) is 9.53. The number of rotatable bonds is 3. The van der Waals surface area contributed by atoms with Gasteiger partial charge in [0.05, 0.1) is 0 Å². The number of hydrogen-bond acceptors (Lipinski definition) is 5. The minimum Gasteiger partial charge on any atom is -0.338 e. The summed E-state index contributed by atoms with van der Waals surface area (Å²) in [6.45, 7) is 3.17. The van der Waals surface area contributed by atoms with Crippen molar-refractivity contribution in [3.8, 4) is 0 Å². The Bertz CT molecular complexity index is 434. The van der Waals surface area contributed by atoms with E-state index in [1.165, 1.54) is 6.92 Å². The van der Waals surface area contributed by atoms with Crippen molar-refractivity contribution >= 4 is 23.4 Å². The van der Waals surface area contributed by atoms with Crippen LogP contribution in [0.5, 0.6) is 0 Å². The van der Waals surface area contributed by atoms with Gasteiger partial charge in [0.25, 0.3) is 0 Å². The van der Waals surface area contributed by atoms with Gasteiger partial charge in [0.2, 0.25) is 5.91 Å². The first kappa shape index (κ1) is 12.9. The molecule has 5 N–H and O–H groups in total. The van der Waals surface area contributed by atoms with Crippen molar-refractivity contribution in [2.75, 3.05) is 10.6 Å². The predicted octanol–water partition coefficient (Wildman–Crippen LogP) is 0.880. The lowest BCUT2D eigenvalue weighted by molar-refractivity contribution is -0.114. The van der Waals surface area contributed by atoms with Crippen LogP contribution in [0.4, 0.5) is 16.2 Å². The molecule has 0 aliphatic carbocycles. The lowest BCUT2D eigenvalue weighted by Crippen LogP contribution is -2.29. The molecule has 1 aromatic rings. The largest absolute Gasteiger partial charge is 0.431 e. The SMILES string of the molecule is CC(=O)Nc1cccc(NC(=O)ONN)c1C. The van der Waals surface area contributed by atoms with Crippen LogP contribution in [0.15, 0.2) is 18.2 Å². The van der Waals surface area contributed by atoms with E-state index in [2.05, 4.69) is 15.5 Å². The van der Waals surface area contributed by atoms with Gasteiger partial charge in [0.15, 0.2) is 0 Å². The molecule has 0 radical (unpaired) electrons. The van der Waals surface area contributed by atoms with Gasteiger partial charge >= 0.3 is 6.09 Å². The van der Waals surface area contributed by atoms with Crippen LogP contribution in [0.2, 0.25) is 0 Å². The molecule has 1 rings (SSSR count). The van der Waals surface area contributed by atoms with E-state index < -0.39 is 6.09 Å². The third-order valence-corrected chi connectivity index (χ3v) is 2.03. The molecule has 0 aliphatic heterocycles. The fourth-order valence-electron chi connectivity index (χ4n) is 1.29. The van der Waals surface area contributed by atoms with E-state index in [1.807, 2.05) is 0 Å². The molecule has 0 spiro atoms. The normalized spacial score (nSPS) is 9.59. The average molecular weight is 238 g/mol. The third-order valence-electron chi connectivity index (χ3n) is 2.03. The molecule has 2 amide bonds. The number of nitrogens with two attached hydrogens (primary N) is 1. The topological polar surface area (TPSA) is 105 Å². The summed E-state index contributed by atoms with van der Waals surface area (Å²) < 4.78 is 0. The number of hydrogen-bond donors (Lipinski definition) is 4. The lowest BCUT2D eigenvalue weighted by atomic mass is 10.1. The summed E-state index contributed by atoms with van der Waals surface area (Å²) in [6, 6.07) is 5.11. The molecule has 0 fully saturated rings. The van der Waals surface area contributed by atoms with Gasteiger partial charge in [-0.3, -0.25) is 10.1 Å². The Morgan fingerprint density at radius 3 is 2.35 bits per heavy atom. The number of hydrazine groups is 1. The molecule has 0 saturated carbocycles. The minimum atomic E-state index is -0.740. The quantitative estimate of drug-likeness (QED) is 0.462. The fraction of sp³-hybridized carbons (Fsp3) is 0.200. The highest BCUT2D eigenvalue weighted by molar-refractivity contribution is 5.92. The highest BCUT2D eigenvalue weighted by Crippen LogP contribution is 2.23. The molecule has 0 aromatic heterocycles. The average Bonchev–Trinajstić information content (AvgIpc) is 2.23. The summed E-state index contributed by atoms with van der Waals surface area (Å²) in [5, 5.41) is 5.12. The molecular weight excluding hydrogens is 224 g/mol. The zero-order valence-corrected chi connectivity index (χ0v) is 9.53. The number of amides is 2. The summed E-state index contributed by atoms with van der Waals surface area (Å²) in [6.07, 6.45) is -0.740. The van der Waals surface area contributed by atoms with Crippen LogP contribution >= 0.6 is 0 Å². The number of carbonyl (C=O) groups excluding carboxylic acids is 2. The van der Waals surface area contributed by atoms with Gasteiger partial charge in [-0.05, 0) is 24.6 Å². The molecule has 0 saturated heterocycles. The van der Waals surface area contributed by atoms with Crippen LogP contribution in [-0.2, 0) is 9.63 Å². The van der Waals surface area contributed by atoms with Crippen molar-refractivity contribution in [2.24, 2.45) is 5.84 Å². The lowest BCUT2D eigenvalue weighted by Gasteiger charge is -2.12. The molecule has 7 nitrogen and oxygen atoms in total. The van der Waals surface area contributed by atoms with Crippen molar-refractivity contribution in [3.05, 3.63) is 23.8 Å². The van der Waals surface area contributed by atoms with E-state index in [1.54, 1.807) is 30.7 Å². The van der Waals surface area contributed by atoms with E-state index in [4.69, 9.17) is 5.84 Å². The molecule has 0 unspecified atom stereocenters. The first-order valence-electron chi connectivity index (χ1n) is 4.85. The predicted molar refractivity (Wildman–Crippen MR) is 62.9 cm³/mol. The Morgan fingerprint density at radius 1 is 1.24 bits per heavy atom. The molecule has 7 heteroatoms. The zero-order chi connectivity index (χ0) is 12.8. The second-order valence-corrected chi connectivity index (χ2v) is 3.29. The number of nitrogens with one attached hydrogen (secondary N) is 3. The van der Waals surface area contributed by atoms with Crippen LogP contribution in [-0.4, -0.2) is 12.0 Å². The van der Waals surface area contributed by atoms with Gasteiger partial charge < -0.3 is 10.2 Å². The molecule has 0 heterocycles. The van der Waals surface area contributed by atoms with Gasteiger partial charge in [0.1, 0.15) is 0 Å². The summed E-state index contributed by atoms with van der Waals surface area (Å²) in [4.78, 5) is 26.4. The van der Waals surface area contributed by atoms with Crippen molar-refractivity contribution in [2.45, 2.75) is 13.8 Å².